The lowest BCUT2D eigenvalue weighted by Gasteiger charge is -2.45. The van der Waals surface area contributed by atoms with Gasteiger partial charge in [-0.1, -0.05) is 6.92 Å². The number of ketones is 1. The second-order valence-electron chi connectivity index (χ2n) is 8.62. The highest BCUT2D eigenvalue weighted by atomic mass is 16.7. The van der Waals surface area contributed by atoms with Gasteiger partial charge >= 0.3 is 0 Å². The van der Waals surface area contributed by atoms with E-state index >= 15 is 0 Å². The highest BCUT2D eigenvalue weighted by Crippen LogP contribution is 2.49. The summed E-state index contributed by atoms with van der Waals surface area (Å²) in [5.41, 5.74) is 0.756. The van der Waals surface area contributed by atoms with Gasteiger partial charge in [-0.05, 0) is 37.8 Å². The first-order valence-corrected chi connectivity index (χ1v) is 10.1. The maximum absolute atomic E-state index is 13.0. The quantitative estimate of drug-likeness (QED) is 0.448. The van der Waals surface area contributed by atoms with Gasteiger partial charge in [-0.15, -0.1) is 0 Å². The summed E-state index contributed by atoms with van der Waals surface area (Å²) in [6.45, 7) is 4.67. The largest absolute Gasteiger partial charge is 0.460 e. The minimum atomic E-state index is -1.54. The fourth-order valence-corrected chi connectivity index (χ4v) is 5.13. The third-order valence-corrected chi connectivity index (χ3v) is 6.64. The molecule has 4 rings (SSSR count). The molecule has 2 heterocycles. The zero-order chi connectivity index (χ0) is 22.0. The van der Waals surface area contributed by atoms with Gasteiger partial charge in [0.15, 0.2) is 12.1 Å². The molecule has 9 nitrogen and oxygen atoms in total. The molecule has 1 saturated heterocycles. The van der Waals surface area contributed by atoms with Crippen molar-refractivity contribution in [1.82, 2.24) is 0 Å². The van der Waals surface area contributed by atoms with Crippen molar-refractivity contribution in [2.75, 3.05) is 6.61 Å². The Hall–Kier alpha value is -1.59. The Kier molecular flexibility index (Phi) is 5.43. The van der Waals surface area contributed by atoms with Crippen molar-refractivity contribution in [1.29, 1.82) is 0 Å². The molecule has 1 aliphatic heterocycles. The Morgan fingerprint density at radius 1 is 1.23 bits per heavy atom. The van der Waals surface area contributed by atoms with Gasteiger partial charge in [-0.2, -0.15) is 0 Å². The summed E-state index contributed by atoms with van der Waals surface area (Å²) in [6, 6.07) is 0. The molecule has 0 bridgehead atoms. The lowest BCUT2D eigenvalue weighted by molar-refractivity contribution is -0.314. The van der Waals surface area contributed by atoms with E-state index in [4.69, 9.17) is 13.9 Å². The van der Waals surface area contributed by atoms with Gasteiger partial charge in [-0.3, -0.25) is 4.79 Å². The number of allylic oxidation sites excluding steroid dienone is 1. The molecule has 0 radical (unpaired) electrons. The summed E-state index contributed by atoms with van der Waals surface area (Å²) in [4.78, 5) is 13.0. The number of hydrogen-bond donors (Lipinski definition) is 5. The summed E-state index contributed by atoms with van der Waals surface area (Å²) in [6.07, 6.45) is -5.17. The van der Waals surface area contributed by atoms with Crippen molar-refractivity contribution in [2.24, 2.45) is 5.92 Å². The van der Waals surface area contributed by atoms with Crippen LogP contribution >= 0.6 is 0 Å². The van der Waals surface area contributed by atoms with E-state index in [-0.39, 0.29) is 11.5 Å². The molecule has 9 heteroatoms. The highest BCUT2D eigenvalue weighted by Gasteiger charge is 2.51. The van der Waals surface area contributed by atoms with E-state index in [1.807, 2.05) is 6.92 Å². The Bertz CT molecular complexity index is 868. The van der Waals surface area contributed by atoms with Gasteiger partial charge in [0, 0.05) is 17.1 Å². The maximum atomic E-state index is 13.0. The molecule has 166 valence electrons. The van der Waals surface area contributed by atoms with Gasteiger partial charge < -0.3 is 39.4 Å². The number of fused-ring (bicyclic) bond motifs is 1. The van der Waals surface area contributed by atoms with Gasteiger partial charge in [0.05, 0.1) is 19.0 Å². The molecule has 30 heavy (non-hydrogen) atoms. The molecule has 1 aromatic heterocycles. The van der Waals surface area contributed by atoms with E-state index in [2.05, 4.69) is 0 Å². The SMILES string of the molecule is Cc1coc2c1[C@@](C)(O)C1=C(CC[C@H](O[C@H]3O[C@@H](CO)[C@H](O)[C@@H](O)[C@@H]3O)[C@@H]1C)C2=O. The van der Waals surface area contributed by atoms with Gasteiger partial charge in [0.2, 0.25) is 5.78 Å². The van der Waals surface area contributed by atoms with Crippen molar-refractivity contribution in [3.8, 4) is 0 Å². The average molecular weight is 424 g/mol. The summed E-state index contributed by atoms with van der Waals surface area (Å²) in [5, 5.41) is 51.0. The number of rotatable bonds is 3. The minimum absolute atomic E-state index is 0.164. The third-order valence-electron chi connectivity index (χ3n) is 6.64. The molecule has 1 fully saturated rings. The number of carbonyl (C=O) groups is 1. The van der Waals surface area contributed by atoms with Crippen LogP contribution in [0.5, 0.6) is 0 Å². The van der Waals surface area contributed by atoms with Crippen LogP contribution in [0, 0.1) is 12.8 Å². The standard InChI is InChI=1S/C21H28O9/c1-8-7-28-19-13(8)21(3,27)14-9(2)11(5-4-10(14)15(19)23)29-20-18(26)17(25)16(24)12(6-22)30-20/h7,9,11-12,16-18,20,22,24-27H,4-6H2,1-3H3/t9-,11-,12-,16-,17+,18-,20-,21+/m0/s1. The molecule has 8 atom stereocenters. The molecule has 1 aromatic rings. The first-order valence-electron chi connectivity index (χ1n) is 10.1. The number of furan rings is 1. The fourth-order valence-electron chi connectivity index (χ4n) is 5.13. The number of aliphatic hydroxyl groups is 5. The van der Waals surface area contributed by atoms with Crippen LogP contribution in [-0.4, -0.2) is 74.7 Å². The first kappa shape index (κ1) is 21.6. The smallest absolute Gasteiger partial charge is 0.224 e. The predicted octanol–water partition coefficient (Wildman–Crippen LogP) is -0.0966. The zero-order valence-electron chi connectivity index (χ0n) is 17.1. The third kappa shape index (κ3) is 3.08. The fraction of sp³-hybridized carbons (Fsp3) is 0.667. The van der Waals surface area contributed by atoms with E-state index in [1.165, 1.54) is 6.26 Å². The maximum Gasteiger partial charge on any atom is 0.224 e. The lowest BCUT2D eigenvalue weighted by Crippen LogP contribution is -2.60. The van der Waals surface area contributed by atoms with Crippen molar-refractivity contribution < 1.29 is 44.2 Å². The Morgan fingerprint density at radius 2 is 1.93 bits per heavy atom. The van der Waals surface area contributed by atoms with Crippen molar-refractivity contribution in [2.45, 2.75) is 76.0 Å². The Morgan fingerprint density at radius 3 is 2.60 bits per heavy atom. The normalized spacial score (nSPS) is 41.6. The van der Waals surface area contributed by atoms with Gasteiger partial charge in [0.1, 0.15) is 30.0 Å². The molecular formula is C21H28O9. The van der Waals surface area contributed by atoms with E-state index in [9.17, 15) is 30.3 Å². The van der Waals surface area contributed by atoms with Crippen LogP contribution in [0.4, 0.5) is 0 Å². The number of hydrogen-bond acceptors (Lipinski definition) is 9. The van der Waals surface area contributed by atoms with E-state index in [0.29, 0.717) is 35.1 Å². The summed E-state index contributed by atoms with van der Waals surface area (Å²) in [7, 11) is 0. The van der Waals surface area contributed by atoms with Crippen molar-refractivity contribution in [3.05, 3.63) is 34.3 Å². The van der Waals surface area contributed by atoms with Crippen molar-refractivity contribution in [3.63, 3.8) is 0 Å². The number of carbonyl (C=O) groups excluding carboxylic acids is 1. The molecule has 0 unspecified atom stereocenters. The molecule has 3 aliphatic rings. The zero-order valence-corrected chi connectivity index (χ0v) is 17.1. The average Bonchev–Trinajstić information content (AvgIpc) is 3.10. The Balaban J connectivity index is 1.61. The van der Waals surface area contributed by atoms with Crippen molar-refractivity contribution >= 4 is 5.78 Å². The number of aryl methyl sites for hydroxylation is 1. The number of ether oxygens (including phenoxy) is 2. The molecule has 0 saturated carbocycles. The van der Waals surface area contributed by atoms with E-state index in [1.54, 1.807) is 13.8 Å². The van der Waals surface area contributed by atoms with Crippen LogP contribution < -0.4 is 0 Å². The van der Waals surface area contributed by atoms with Crippen LogP contribution in [0.1, 0.15) is 48.4 Å². The molecule has 0 spiro atoms. The summed E-state index contributed by atoms with van der Waals surface area (Å²) >= 11 is 0. The first-order chi connectivity index (χ1) is 14.1. The number of aliphatic hydroxyl groups excluding tert-OH is 4. The van der Waals surface area contributed by atoms with E-state index < -0.39 is 54.9 Å². The van der Waals surface area contributed by atoms with Crippen LogP contribution in [0.2, 0.25) is 0 Å². The van der Waals surface area contributed by atoms with Crippen LogP contribution in [-0.2, 0) is 15.1 Å². The summed E-state index contributed by atoms with van der Waals surface area (Å²) < 4.78 is 16.8. The molecule has 2 aliphatic carbocycles. The van der Waals surface area contributed by atoms with Crippen LogP contribution in [0.3, 0.4) is 0 Å². The second-order valence-corrected chi connectivity index (χ2v) is 8.62. The predicted molar refractivity (Wildman–Crippen MR) is 101 cm³/mol. The van der Waals surface area contributed by atoms with Crippen LogP contribution in [0.25, 0.3) is 0 Å². The molecular weight excluding hydrogens is 396 g/mol. The molecule has 5 N–H and O–H groups in total. The minimum Gasteiger partial charge on any atom is -0.460 e. The summed E-state index contributed by atoms with van der Waals surface area (Å²) in [5.74, 6) is -0.475. The molecule has 0 aromatic carbocycles. The van der Waals surface area contributed by atoms with Crippen LogP contribution in [0.15, 0.2) is 21.8 Å². The monoisotopic (exact) mass is 424 g/mol. The van der Waals surface area contributed by atoms with Gasteiger partial charge in [-0.25, -0.2) is 0 Å². The highest BCUT2D eigenvalue weighted by molar-refractivity contribution is 6.10. The lowest BCUT2D eigenvalue weighted by atomic mass is 9.66. The topological polar surface area (TPSA) is 150 Å². The second kappa shape index (κ2) is 7.52. The van der Waals surface area contributed by atoms with E-state index in [0.717, 1.165) is 0 Å². The Labute approximate surface area is 173 Å². The van der Waals surface area contributed by atoms with Gasteiger partial charge in [0.25, 0.3) is 0 Å². The molecule has 0 amide bonds. The number of Topliss-reactive ketones (excluding diaryl/α,β-unsaturated/α-hetero) is 1.